The van der Waals surface area contributed by atoms with Crippen molar-refractivity contribution in [3.63, 3.8) is 0 Å². The topological polar surface area (TPSA) is 69.7 Å². The molecule has 0 aliphatic heterocycles. The largest absolute Gasteiger partial charge is 0.504 e. The van der Waals surface area contributed by atoms with E-state index in [4.69, 9.17) is 4.74 Å². The summed E-state index contributed by atoms with van der Waals surface area (Å²) >= 11 is 0. The van der Waals surface area contributed by atoms with Crippen LogP contribution in [0.25, 0.3) is 0 Å². The van der Waals surface area contributed by atoms with Gasteiger partial charge < -0.3 is 9.47 Å². The zero-order valence-corrected chi connectivity index (χ0v) is 9.20. The highest BCUT2D eigenvalue weighted by molar-refractivity contribution is 6.64. The number of Topliss-reactive ketones (excluding diaryl/α,β-unsaturated/α-hetero) is 1. The molecule has 0 aliphatic rings. The van der Waals surface area contributed by atoms with Crippen molar-refractivity contribution in [3.8, 4) is 0 Å². The molecule has 0 heterocycles. The summed E-state index contributed by atoms with van der Waals surface area (Å²) < 4.78 is 9.15. The molecule has 0 aromatic rings. The average molecular weight is 214 g/mol. The Morgan fingerprint density at radius 1 is 1.13 bits per heavy atom. The first kappa shape index (κ1) is 13.4. The summed E-state index contributed by atoms with van der Waals surface area (Å²) in [5.74, 6) is -3.34. The van der Waals surface area contributed by atoms with Crippen molar-refractivity contribution in [2.75, 3.05) is 7.11 Å². The van der Waals surface area contributed by atoms with E-state index in [1.165, 1.54) is 7.11 Å². The summed E-state index contributed by atoms with van der Waals surface area (Å²) in [7, 11) is 1.32. The fraction of sp³-hybridized carbons (Fsp3) is 0.500. The number of hydrogen-bond donors (Lipinski definition) is 0. The van der Waals surface area contributed by atoms with E-state index in [0.717, 1.165) is 12.3 Å². The Balaban J connectivity index is 4.40. The van der Waals surface area contributed by atoms with Crippen LogP contribution in [0.1, 0.15) is 20.8 Å². The maximum Gasteiger partial charge on any atom is 0.383 e. The molecule has 15 heavy (non-hydrogen) atoms. The van der Waals surface area contributed by atoms with Gasteiger partial charge in [-0.2, -0.15) is 0 Å². The van der Waals surface area contributed by atoms with E-state index in [2.05, 4.69) is 4.74 Å². The summed E-state index contributed by atoms with van der Waals surface area (Å²) in [6.07, 6.45) is 1.89. The lowest BCUT2D eigenvalue weighted by molar-refractivity contribution is -0.163. The first-order valence-corrected chi connectivity index (χ1v) is 4.29. The molecule has 5 nitrogen and oxygen atoms in total. The van der Waals surface area contributed by atoms with Crippen LogP contribution in [0.15, 0.2) is 12.3 Å². The van der Waals surface area contributed by atoms with E-state index in [-0.39, 0.29) is 0 Å². The second kappa shape index (κ2) is 5.29. The molecule has 0 rings (SSSR count). The van der Waals surface area contributed by atoms with Gasteiger partial charge in [-0.25, -0.2) is 4.79 Å². The molecule has 0 radical (unpaired) electrons. The molecule has 0 aliphatic carbocycles. The SMILES string of the molecule is CO/C=C/C(=O)C(=O)C(=O)OC(C)(C)C. The third-order valence-corrected chi connectivity index (χ3v) is 1.16. The van der Waals surface area contributed by atoms with Crippen molar-refractivity contribution in [2.24, 2.45) is 0 Å². The minimum absolute atomic E-state index is 0.794. The quantitative estimate of drug-likeness (QED) is 0.226. The molecule has 84 valence electrons. The second-order valence-electron chi connectivity index (χ2n) is 3.73. The van der Waals surface area contributed by atoms with Gasteiger partial charge in [-0.15, -0.1) is 0 Å². The van der Waals surface area contributed by atoms with E-state index < -0.39 is 23.1 Å². The van der Waals surface area contributed by atoms with Gasteiger partial charge in [-0.1, -0.05) is 0 Å². The van der Waals surface area contributed by atoms with Gasteiger partial charge in [0.1, 0.15) is 5.60 Å². The maximum absolute atomic E-state index is 11.1. The van der Waals surface area contributed by atoms with Crippen molar-refractivity contribution in [1.82, 2.24) is 0 Å². The van der Waals surface area contributed by atoms with Crippen LogP contribution in [0.2, 0.25) is 0 Å². The van der Waals surface area contributed by atoms with Crippen LogP contribution in [-0.2, 0) is 23.9 Å². The summed E-state index contributed by atoms with van der Waals surface area (Å²) in [6.45, 7) is 4.81. The van der Waals surface area contributed by atoms with Gasteiger partial charge in [0, 0.05) is 6.08 Å². The second-order valence-corrected chi connectivity index (χ2v) is 3.73. The van der Waals surface area contributed by atoms with Gasteiger partial charge in [0.25, 0.3) is 0 Å². The molecule has 0 unspecified atom stereocenters. The first-order chi connectivity index (χ1) is 6.78. The number of carbonyl (C=O) groups is 3. The maximum atomic E-state index is 11.1. The van der Waals surface area contributed by atoms with Gasteiger partial charge in [-0.05, 0) is 20.8 Å². The Morgan fingerprint density at radius 3 is 2.07 bits per heavy atom. The number of methoxy groups -OCH3 is 1. The normalized spacial score (nSPS) is 11.2. The van der Waals surface area contributed by atoms with Crippen LogP contribution in [-0.4, -0.2) is 30.2 Å². The number of esters is 1. The fourth-order valence-electron chi connectivity index (χ4n) is 0.631. The molecule has 0 spiro atoms. The zero-order valence-electron chi connectivity index (χ0n) is 9.20. The summed E-state index contributed by atoms with van der Waals surface area (Å²) in [4.78, 5) is 33.2. The molecule has 0 amide bonds. The Morgan fingerprint density at radius 2 is 1.67 bits per heavy atom. The smallest absolute Gasteiger partial charge is 0.383 e. The van der Waals surface area contributed by atoms with Gasteiger partial charge in [-0.3, -0.25) is 9.59 Å². The van der Waals surface area contributed by atoms with Gasteiger partial charge in [0.2, 0.25) is 5.78 Å². The van der Waals surface area contributed by atoms with Gasteiger partial charge >= 0.3 is 11.8 Å². The lowest BCUT2D eigenvalue weighted by Crippen LogP contribution is -2.32. The van der Waals surface area contributed by atoms with Gasteiger partial charge in [0.05, 0.1) is 13.4 Å². The summed E-state index contributed by atoms with van der Waals surface area (Å²) in [5.41, 5.74) is -0.794. The summed E-state index contributed by atoms with van der Waals surface area (Å²) in [6, 6.07) is 0. The van der Waals surface area contributed by atoms with Crippen molar-refractivity contribution in [2.45, 2.75) is 26.4 Å². The van der Waals surface area contributed by atoms with Crippen LogP contribution < -0.4 is 0 Å². The average Bonchev–Trinajstić information content (AvgIpc) is 2.10. The van der Waals surface area contributed by atoms with Crippen molar-refractivity contribution in [1.29, 1.82) is 0 Å². The van der Waals surface area contributed by atoms with Crippen LogP contribution >= 0.6 is 0 Å². The Kier molecular flexibility index (Phi) is 4.70. The van der Waals surface area contributed by atoms with E-state index in [9.17, 15) is 14.4 Å². The number of ketones is 2. The molecular weight excluding hydrogens is 200 g/mol. The monoisotopic (exact) mass is 214 g/mol. The third kappa shape index (κ3) is 5.61. The van der Waals surface area contributed by atoms with Crippen molar-refractivity contribution >= 4 is 17.5 Å². The molecular formula is C10H14O5. The number of allylic oxidation sites excluding steroid dienone is 1. The van der Waals surface area contributed by atoms with Gasteiger partial charge in [0.15, 0.2) is 0 Å². The van der Waals surface area contributed by atoms with E-state index in [0.29, 0.717) is 0 Å². The van der Waals surface area contributed by atoms with E-state index in [1.807, 2.05) is 0 Å². The number of carbonyl (C=O) groups excluding carboxylic acids is 3. The van der Waals surface area contributed by atoms with E-state index >= 15 is 0 Å². The standard InChI is InChI=1S/C10H14O5/c1-10(2,3)15-9(13)8(12)7(11)5-6-14-4/h5-6H,1-4H3/b6-5+. The predicted octanol–water partition coefficient (Wildman–Crippen LogP) is 0.626. The number of rotatable bonds is 4. The molecule has 0 saturated carbocycles. The van der Waals surface area contributed by atoms with Crippen LogP contribution in [0, 0.1) is 0 Å². The number of hydrogen-bond acceptors (Lipinski definition) is 5. The lowest BCUT2D eigenvalue weighted by atomic mass is 10.2. The Bertz CT molecular complexity index is 295. The highest BCUT2D eigenvalue weighted by Crippen LogP contribution is 2.07. The first-order valence-electron chi connectivity index (χ1n) is 4.29. The molecule has 0 fully saturated rings. The molecule has 5 heteroatoms. The molecule has 0 bridgehead atoms. The minimum Gasteiger partial charge on any atom is -0.504 e. The molecule has 0 saturated heterocycles. The molecule has 0 aromatic carbocycles. The fourth-order valence-corrected chi connectivity index (χ4v) is 0.631. The van der Waals surface area contributed by atoms with Crippen LogP contribution in [0.5, 0.6) is 0 Å². The highest BCUT2D eigenvalue weighted by atomic mass is 16.6. The predicted molar refractivity (Wildman–Crippen MR) is 52.0 cm³/mol. The molecule has 0 aromatic heterocycles. The Hall–Kier alpha value is -1.65. The van der Waals surface area contributed by atoms with Crippen molar-refractivity contribution < 1.29 is 23.9 Å². The highest BCUT2D eigenvalue weighted by Gasteiger charge is 2.26. The number of ether oxygens (including phenoxy) is 2. The zero-order chi connectivity index (χ0) is 12.1. The Labute approximate surface area is 88.0 Å². The lowest BCUT2D eigenvalue weighted by Gasteiger charge is -2.18. The third-order valence-electron chi connectivity index (χ3n) is 1.16. The van der Waals surface area contributed by atoms with Crippen molar-refractivity contribution in [3.05, 3.63) is 12.3 Å². The minimum atomic E-state index is -1.21. The molecule has 0 atom stereocenters. The summed E-state index contributed by atoms with van der Waals surface area (Å²) in [5, 5.41) is 0. The van der Waals surface area contributed by atoms with Crippen LogP contribution in [0.4, 0.5) is 0 Å². The molecule has 0 N–H and O–H groups in total. The van der Waals surface area contributed by atoms with Crippen LogP contribution in [0.3, 0.4) is 0 Å². The van der Waals surface area contributed by atoms with E-state index in [1.54, 1.807) is 20.8 Å².